The Morgan fingerprint density at radius 2 is 0.553 bits per heavy atom. The van der Waals surface area contributed by atoms with Crippen molar-refractivity contribution in [1.82, 2.24) is 9.13 Å². The molecule has 0 radical (unpaired) electrons. The molecule has 4 heterocycles. The summed E-state index contributed by atoms with van der Waals surface area (Å²) in [6.07, 6.45) is 0. The Balaban J connectivity index is 0.793. The van der Waals surface area contributed by atoms with Gasteiger partial charge in [0, 0.05) is 107 Å². The molecule has 0 N–H and O–H groups in total. The van der Waals surface area contributed by atoms with Crippen LogP contribution in [-0.4, -0.2) is 9.13 Å². The number of anilines is 6. The molecule has 0 saturated heterocycles. The van der Waals surface area contributed by atoms with Crippen LogP contribution in [0.1, 0.15) is 0 Å². The average Bonchev–Trinajstić information content (AvgIpc) is 4.28. The van der Waals surface area contributed by atoms with Gasteiger partial charge in [-0.25, -0.2) is 0 Å². The van der Waals surface area contributed by atoms with Gasteiger partial charge in [-0.3, -0.25) is 0 Å². The zero-order valence-electron chi connectivity index (χ0n) is 41.0. The molecule has 0 unspecified atom stereocenters. The largest absolute Gasteiger partial charge is 0.310 e. The summed E-state index contributed by atoms with van der Waals surface area (Å²) < 4.78 is 9.93. The Morgan fingerprint density at radius 1 is 0.224 bits per heavy atom. The van der Waals surface area contributed by atoms with Crippen molar-refractivity contribution >= 4 is 152 Å². The molecule has 4 nitrogen and oxygen atoms in total. The molecule has 356 valence electrons. The molecule has 0 aliphatic carbocycles. The SMILES string of the molecule is c1ccc(N(c2ccc3c(c2)sc2cc4cc5sc6cc(N(c7ccccc7)c7ccc8c9ccccc9n(-c9ccccc9)c8c7)ccc6c5cc4cc23)c2ccc3c4ccccc4n(-c4ccccc4)c3c2)cc1. The smallest absolute Gasteiger partial charge is 0.0561 e. The lowest BCUT2D eigenvalue weighted by atomic mass is 10.0. The number of nitrogens with zero attached hydrogens (tertiary/aromatic N) is 4. The minimum Gasteiger partial charge on any atom is -0.310 e. The van der Waals surface area contributed by atoms with Crippen molar-refractivity contribution in [3.05, 3.63) is 267 Å². The second-order valence-electron chi connectivity index (χ2n) is 19.7. The first-order chi connectivity index (χ1) is 37.7. The summed E-state index contributed by atoms with van der Waals surface area (Å²) in [6, 6.07) is 98.1. The van der Waals surface area contributed by atoms with Gasteiger partial charge in [-0.05, 0) is 144 Å². The summed E-state index contributed by atoms with van der Waals surface area (Å²) in [7, 11) is 0. The number of fused-ring (bicyclic) bond motifs is 13. The van der Waals surface area contributed by atoms with Crippen molar-refractivity contribution in [3.63, 3.8) is 0 Å². The quantitative estimate of drug-likeness (QED) is 0.151. The number of para-hydroxylation sites is 6. The predicted molar refractivity (Wildman–Crippen MR) is 328 cm³/mol. The van der Waals surface area contributed by atoms with Crippen molar-refractivity contribution < 1.29 is 0 Å². The summed E-state index contributed by atoms with van der Waals surface area (Å²) in [5.41, 5.74) is 13.8. The van der Waals surface area contributed by atoms with E-state index in [1.807, 2.05) is 22.7 Å². The highest BCUT2D eigenvalue weighted by molar-refractivity contribution is 7.26. The minimum absolute atomic E-state index is 1.11. The second kappa shape index (κ2) is 17.0. The van der Waals surface area contributed by atoms with E-state index in [2.05, 4.69) is 286 Å². The maximum absolute atomic E-state index is 2.42. The van der Waals surface area contributed by atoms with Crippen molar-refractivity contribution in [2.45, 2.75) is 0 Å². The van der Waals surface area contributed by atoms with Crippen LogP contribution in [0.5, 0.6) is 0 Å². The average molecular weight is 1010 g/mol. The highest BCUT2D eigenvalue weighted by atomic mass is 32.1. The molecule has 6 heteroatoms. The number of benzene rings is 12. The molecule has 0 atom stereocenters. The lowest BCUT2D eigenvalue weighted by Gasteiger charge is -2.26. The second-order valence-corrected chi connectivity index (χ2v) is 21.9. The van der Waals surface area contributed by atoms with Gasteiger partial charge in [0.15, 0.2) is 0 Å². The number of hydrogen-bond donors (Lipinski definition) is 0. The van der Waals surface area contributed by atoms with E-state index in [4.69, 9.17) is 0 Å². The third kappa shape index (κ3) is 6.75. The minimum atomic E-state index is 1.11. The first-order valence-electron chi connectivity index (χ1n) is 25.8. The van der Waals surface area contributed by atoms with Gasteiger partial charge < -0.3 is 18.9 Å². The van der Waals surface area contributed by atoms with Crippen LogP contribution in [0.25, 0.3) is 106 Å². The number of aromatic nitrogens is 2. The molecule has 0 spiro atoms. The molecule has 0 fully saturated rings. The van der Waals surface area contributed by atoms with Gasteiger partial charge in [-0.15, -0.1) is 22.7 Å². The van der Waals surface area contributed by atoms with Crippen LogP contribution in [0, 0.1) is 0 Å². The molecular weight excluding hydrogens is 961 g/mol. The number of hydrogen-bond acceptors (Lipinski definition) is 4. The lowest BCUT2D eigenvalue weighted by Crippen LogP contribution is -2.09. The first kappa shape index (κ1) is 43.0. The van der Waals surface area contributed by atoms with E-state index in [-0.39, 0.29) is 0 Å². The molecule has 4 aromatic heterocycles. The summed E-state index contributed by atoms with van der Waals surface area (Å²) in [5, 5.41) is 12.6. The maximum atomic E-state index is 2.42. The fourth-order valence-corrected chi connectivity index (χ4v) is 14.3. The Bertz CT molecular complexity index is 4630. The highest BCUT2D eigenvalue weighted by Gasteiger charge is 2.21. The van der Waals surface area contributed by atoms with E-state index in [1.54, 1.807) is 0 Å². The van der Waals surface area contributed by atoms with Crippen LogP contribution < -0.4 is 9.80 Å². The van der Waals surface area contributed by atoms with Gasteiger partial charge in [0.1, 0.15) is 0 Å². The molecule has 0 aliphatic heterocycles. The zero-order valence-corrected chi connectivity index (χ0v) is 42.6. The summed E-state index contributed by atoms with van der Waals surface area (Å²) >= 11 is 3.76. The van der Waals surface area contributed by atoms with Gasteiger partial charge in [-0.2, -0.15) is 0 Å². The van der Waals surface area contributed by atoms with Crippen LogP contribution in [-0.2, 0) is 0 Å². The van der Waals surface area contributed by atoms with E-state index >= 15 is 0 Å². The Kier molecular flexibility index (Phi) is 9.64. The van der Waals surface area contributed by atoms with E-state index in [0.717, 1.165) is 45.5 Å². The van der Waals surface area contributed by atoms with Gasteiger partial charge >= 0.3 is 0 Å². The van der Waals surface area contributed by atoms with Crippen molar-refractivity contribution in [3.8, 4) is 11.4 Å². The standard InChI is InChI=1S/C70H44N4S2/c1-5-17-47(18-6-1)71(51-29-33-57-55-25-13-15-27-63(55)73(65(57)41-51)49-21-9-3-10-22-49)53-31-35-59-61-37-45-38-62-60-36-32-54(44-70(60)76-68(62)40-46(45)39-67(61)75-69(59)43-53)72(48-19-7-2-8-20-48)52-30-34-58-56-26-14-16-28-64(56)74(66(58)42-52)50-23-11-4-12-24-50/h1-44H. The van der Waals surface area contributed by atoms with Crippen molar-refractivity contribution in [2.24, 2.45) is 0 Å². The molecule has 0 saturated carbocycles. The number of rotatable bonds is 8. The fraction of sp³-hybridized carbons (Fsp3) is 0. The molecule has 76 heavy (non-hydrogen) atoms. The van der Waals surface area contributed by atoms with Crippen LogP contribution in [0.15, 0.2) is 267 Å². The zero-order chi connectivity index (χ0) is 49.8. The third-order valence-corrected chi connectivity index (χ3v) is 17.6. The van der Waals surface area contributed by atoms with E-state index < -0.39 is 0 Å². The van der Waals surface area contributed by atoms with E-state index in [9.17, 15) is 0 Å². The van der Waals surface area contributed by atoms with Crippen LogP contribution >= 0.6 is 22.7 Å². The van der Waals surface area contributed by atoms with Gasteiger partial charge in [0.05, 0.1) is 22.1 Å². The Hall–Kier alpha value is -9.46. The molecule has 16 rings (SSSR count). The summed E-state index contributed by atoms with van der Waals surface area (Å²) in [4.78, 5) is 4.81. The topological polar surface area (TPSA) is 16.3 Å². The van der Waals surface area contributed by atoms with Crippen LogP contribution in [0.2, 0.25) is 0 Å². The van der Waals surface area contributed by atoms with E-state index in [1.165, 1.54) is 94.7 Å². The van der Waals surface area contributed by atoms with Crippen molar-refractivity contribution in [2.75, 3.05) is 9.80 Å². The van der Waals surface area contributed by atoms with Gasteiger partial charge in [0.2, 0.25) is 0 Å². The van der Waals surface area contributed by atoms with Crippen LogP contribution in [0.4, 0.5) is 34.1 Å². The molecule has 0 amide bonds. The Labute approximate surface area is 446 Å². The first-order valence-corrected chi connectivity index (χ1v) is 27.4. The van der Waals surface area contributed by atoms with Crippen LogP contribution in [0.3, 0.4) is 0 Å². The molecule has 16 aromatic rings. The molecule has 0 bridgehead atoms. The normalized spacial score (nSPS) is 11.9. The fourth-order valence-electron chi connectivity index (χ4n) is 12.0. The Morgan fingerprint density at radius 3 is 0.987 bits per heavy atom. The maximum Gasteiger partial charge on any atom is 0.0561 e. The third-order valence-electron chi connectivity index (χ3n) is 15.4. The lowest BCUT2D eigenvalue weighted by molar-refractivity contribution is 1.18. The highest BCUT2D eigenvalue weighted by Crippen LogP contribution is 2.47. The predicted octanol–water partition coefficient (Wildman–Crippen LogP) is 20.7. The summed E-state index contributed by atoms with van der Waals surface area (Å²) in [5.74, 6) is 0. The molecule has 0 aliphatic rings. The molecular formula is C70H44N4S2. The van der Waals surface area contributed by atoms with E-state index in [0.29, 0.717) is 0 Å². The van der Waals surface area contributed by atoms with Crippen molar-refractivity contribution in [1.29, 1.82) is 0 Å². The van der Waals surface area contributed by atoms with Gasteiger partial charge in [0.25, 0.3) is 0 Å². The number of thiophene rings is 2. The van der Waals surface area contributed by atoms with Gasteiger partial charge in [-0.1, -0.05) is 133 Å². The monoisotopic (exact) mass is 1000 g/mol. The molecule has 12 aromatic carbocycles. The summed E-state index contributed by atoms with van der Waals surface area (Å²) in [6.45, 7) is 0.